The summed E-state index contributed by atoms with van der Waals surface area (Å²) in [6.45, 7) is 1.79. The van der Waals surface area contributed by atoms with E-state index >= 15 is 0 Å². The number of carbonyl (C=O) groups excluding carboxylic acids is 1. The Hall–Kier alpha value is -2.88. The Bertz CT molecular complexity index is 703. The highest BCUT2D eigenvalue weighted by Crippen LogP contribution is 2.21. The molecule has 2 aromatic rings. The predicted octanol–water partition coefficient (Wildman–Crippen LogP) is 1.64. The topological polar surface area (TPSA) is 93.9 Å². The van der Waals surface area contributed by atoms with Crippen LogP contribution in [-0.2, 0) is 4.74 Å². The quantitative estimate of drug-likeness (QED) is 0.859. The van der Waals surface area contributed by atoms with Crippen molar-refractivity contribution in [2.45, 2.75) is 6.92 Å². The molecular weight excluding hydrogens is 263 g/mol. The number of ether oxygens (including phenoxy) is 1. The maximum absolute atomic E-state index is 13.2. The van der Waals surface area contributed by atoms with Crippen LogP contribution in [0.5, 0.6) is 0 Å². The first-order chi connectivity index (χ1) is 9.58. The molecule has 1 aromatic heterocycles. The summed E-state index contributed by atoms with van der Waals surface area (Å²) in [5.74, 6) is -1.26. The monoisotopic (exact) mass is 274 g/mol. The van der Waals surface area contributed by atoms with Gasteiger partial charge in [0.25, 0.3) is 0 Å². The number of esters is 1. The van der Waals surface area contributed by atoms with Crippen molar-refractivity contribution >= 4 is 11.8 Å². The molecule has 0 aliphatic carbocycles. The molecule has 0 unspecified atom stereocenters. The number of nitrogens with zero attached hydrogens (tertiary/aromatic N) is 3. The lowest BCUT2D eigenvalue weighted by Gasteiger charge is -2.03. The molecule has 1 aromatic carbocycles. The van der Waals surface area contributed by atoms with Crippen molar-refractivity contribution in [1.82, 2.24) is 9.78 Å². The molecule has 7 heteroatoms. The number of benzene rings is 1. The normalized spacial score (nSPS) is 10.1. The van der Waals surface area contributed by atoms with Crippen LogP contribution in [0.1, 0.15) is 23.0 Å². The fourth-order valence-electron chi connectivity index (χ4n) is 1.69. The van der Waals surface area contributed by atoms with E-state index in [1.165, 1.54) is 18.2 Å². The summed E-state index contributed by atoms with van der Waals surface area (Å²) < 4.78 is 19.2. The smallest absolute Gasteiger partial charge is 0.360 e. The van der Waals surface area contributed by atoms with Gasteiger partial charge in [-0.1, -0.05) is 6.07 Å². The molecule has 0 radical (unpaired) electrons. The Labute approximate surface area is 114 Å². The van der Waals surface area contributed by atoms with Crippen molar-refractivity contribution in [3.05, 3.63) is 41.3 Å². The second-order valence-electron chi connectivity index (χ2n) is 3.83. The van der Waals surface area contributed by atoms with Crippen molar-refractivity contribution < 1.29 is 13.9 Å². The Morgan fingerprint density at radius 3 is 2.95 bits per heavy atom. The zero-order valence-corrected chi connectivity index (χ0v) is 10.6. The minimum atomic E-state index is -0.745. The number of halogens is 1. The molecule has 0 saturated heterocycles. The first-order valence-electron chi connectivity index (χ1n) is 5.80. The molecule has 102 valence electrons. The Morgan fingerprint density at radius 1 is 1.60 bits per heavy atom. The van der Waals surface area contributed by atoms with E-state index in [9.17, 15) is 9.18 Å². The van der Waals surface area contributed by atoms with Crippen LogP contribution < -0.4 is 5.73 Å². The number of carbonyl (C=O) groups is 1. The molecule has 1 heterocycles. The molecule has 0 spiro atoms. The van der Waals surface area contributed by atoms with Gasteiger partial charge in [-0.2, -0.15) is 10.4 Å². The summed E-state index contributed by atoms with van der Waals surface area (Å²) in [7, 11) is 0. The van der Waals surface area contributed by atoms with Gasteiger partial charge in [0, 0.05) is 0 Å². The first kappa shape index (κ1) is 13.5. The minimum Gasteiger partial charge on any atom is -0.461 e. The molecule has 0 aliphatic rings. The fourth-order valence-corrected chi connectivity index (χ4v) is 1.69. The highest BCUT2D eigenvalue weighted by molar-refractivity contribution is 5.92. The van der Waals surface area contributed by atoms with Crippen LogP contribution in [0.3, 0.4) is 0 Å². The van der Waals surface area contributed by atoms with Crippen LogP contribution in [-0.4, -0.2) is 22.4 Å². The molecule has 0 bridgehead atoms. The number of hydrogen-bond donors (Lipinski definition) is 1. The van der Waals surface area contributed by atoms with Crippen LogP contribution in [0.2, 0.25) is 0 Å². The van der Waals surface area contributed by atoms with Crippen LogP contribution >= 0.6 is 0 Å². The Morgan fingerprint density at radius 2 is 2.35 bits per heavy atom. The van der Waals surface area contributed by atoms with E-state index in [4.69, 9.17) is 15.7 Å². The molecule has 2 rings (SSSR count). The lowest BCUT2D eigenvalue weighted by Crippen LogP contribution is -2.08. The van der Waals surface area contributed by atoms with Gasteiger partial charge in [0.2, 0.25) is 0 Å². The van der Waals surface area contributed by atoms with Crippen LogP contribution in [0.15, 0.2) is 24.3 Å². The average molecular weight is 274 g/mol. The molecule has 0 atom stereocenters. The van der Waals surface area contributed by atoms with E-state index in [1.54, 1.807) is 19.1 Å². The van der Waals surface area contributed by atoms with Gasteiger partial charge >= 0.3 is 5.97 Å². The van der Waals surface area contributed by atoms with Gasteiger partial charge in [-0.05, 0) is 25.1 Å². The summed E-state index contributed by atoms with van der Waals surface area (Å²) in [4.78, 5) is 11.7. The Kier molecular flexibility index (Phi) is 3.66. The van der Waals surface area contributed by atoms with Crippen molar-refractivity contribution in [2.75, 3.05) is 12.3 Å². The number of nitrogens with two attached hydrogens (primary N) is 1. The number of aromatic nitrogens is 2. The zero-order chi connectivity index (χ0) is 14.7. The van der Waals surface area contributed by atoms with Gasteiger partial charge in [0.05, 0.1) is 12.3 Å². The van der Waals surface area contributed by atoms with E-state index in [0.717, 1.165) is 4.68 Å². The third kappa shape index (κ3) is 2.31. The molecule has 0 saturated carbocycles. The maximum atomic E-state index is 13.2. The van der Waals surface area contributed by atoms with E-state index < -0.39 is 11.8 Å². The lowest BCUT2D eigenvalue weighted by molar-refractivity contribution is 0.0518. The summed E-state index contributed by atoms with van der Waals surface area (Å²) >= 11 is 0. The van der Waals surface area contributed by atoms with Gasteiger partial charge in [-0.3, -0.25) is 0 Å². The second-order valence-corrected chi connectivity index (χ2v) is 3.83. The van der Waals surface area contributed by atoms with Gasteiger partial charge in [0.15, 0.2) is 5.69 Å². The first-order valence-corrected chi connectivity index (χ1v) is 5.80. The third-order valence-electron chi connectivity index (χ3n) is 2.55. The molecule has 6 nitrogen and oxygen atoms in total. The van der Waals surface area contributed by atoms with Crippen molar-refractivity contribution in [2.24, 2.45) is 0 Å². The van der Waals surface area contributed by atoms with Crippen molar-refractivity contribution in [3.8, 4) is 11.8 Å². The van der Waals surface area contributed by atoms with Gasteiger partial charge in [0.1, 0.15) is 23.3 Å². The molecule has 0 fully saturated rings. The highest BCUT2D eigenvalue weighted by atomic mass is 19.1. The van der Waals surface area contributed by atoms with Gasteiger partial charge < -0.3 is 10.5 Å². The standard InChI is InChI=1S/C13H11FN4O2/c1-2-20-13(19)11-10(7-15)12(16)18(17-11)9-5-3-4-8(14)6-9/h3-6H,2,16H2,1H3. The van der Waals surface area contributed by atoms with Gasteiger partial charge in [-0.15, -0.1) is 0 Å². The van der Waals surface area contributed by atoms with Crippen LogP contribution in [0, 0.1) is 17.1 Å². The SMILES string of the molecule is CCOC(=O)c1nn(-c2cccc(F)c2)c(N)c1C#N. The van der Waals surface area contributed by atoms with E-state index in [-0.39, 0.29) is 23.7 Å². The summed E-state index contributed by atoms with van der Waals surface area (Å²) in [5.41, 5.74) is 5.82. The van der Waals surface area contributed by atoms with E-state index in [1.807, 2.05) is 0 Å². The number of hydrogen-bond acceptors (Lipinski definition) is 5. The molecule has 0 aliphatic heterocycles. The molecule has 2 N–H and O–H groups in total. The summed E-state index contributed by atoms with van der Waals surface area (Å²) in [5, 5.41) is 13.0. The van der Waals surface area contributed by atoms with Crippen LogP contribution in [0.4, 0.5) is 10.2 Å². The number of nitrogen functional groups attached to an aromatic ring is 1. The highest BCUT2D eigenvalue weighted by Gasteiger charge is 2.23. The molecular formula is C13H11FN4O2. The summed E-state index contributed by atoms with van der Waals surface area (Å²) in [6.07, 6.45) is 0. The lowest BCUT2D eigenvalue weighted by atomic mass is 10.2. The average Bonchev–Trinajstić information content (AvgIpc) is 2.76. The maximum Gasteiger partial charge on any atom is 0.360 e. The number of anilines is 1. The zero-order valence-electron chi connectivity index (χ0n) is 10.6. The van der Waals surface area contributed by atoms with Crippen molar-refractivity contribution in [3.63, 3.8) is 0 Å². The fraction of sp³-hybridized carbons (Fsp3) is 0.154. The largest absolute Gasteiger partial charge is 0.461 e. The third-order valence-corrected chi connectivity index (χ3v) is 2.55. The number of rotatable bonds is 3. The minimum absolute atomic E-state index is 0.0406. The van der Waals surface area contributed by atoms with Gasteiger partial charge in [-0.25, -0.2) is 13.9 Å². The number of nitriles is 1. The van der Waals surface area contributed by atoms with Crippen LogP contribution in [0.25, 0.3) is 5.69 Å². The Balaban J connectivity index is 2.57. The van der Waals surface area contributed by atoms with Crippen molar-refractivity contribution in [1.29, 1.82) is 5.26 Å². The summed E-state index contributed by atoms with van der Waals surface area (Å²) in [6, 6.07) is 7.30. The predicted molar refractivity (Wildman–Crippen MR) is 68.6 cm³/mol. The molecule has 0 amide bonds. The second kappa shape index (κ2) is 5.40. The molecule has 20 heavy (non-hydrogen) atoms. The van der Waals surface area contributed by atoms with E-state index in [0.29, 0.717) is 5.69 Å². The van der Waals surface area contributed by atoms with E-state index in [2.05, 4.69) is 5.10 Å².